The molecule has 26 heavy (non-hydrogen) atoms. The SMILES string of the molecule is CCOC(=O)c1c(C)oc(NC(=O)COc2ccccc2Cl)c1C(N)=O. The van der Waals surface area contributed by atoms with Gasteiger partial charge in [0.2, 0.25) is 5.88 Å². The summed E-state index contributed by atoms with van der Waals surface area (Å²) in [7, 11) is 0. The van der Waals surface area contributed by atoms with Crippen molar-refractivity contribution in [3.8, 4) is 5.75 Å². The van der Waals surface area contributed by atoms with Crippen molar-refractivity contribution in [2.24, 2.45) is 5.73 Å². The topological polar surface area (TPSA) is 121 Å². The first-order valence-corrected chi connectivity index (χ1v) is 8.00. The molecule has 0 saturated heterocycles. The van der Waals surface area contributed by atoms with Crippen molar-refractivity contribution >= 4 is 35.3 Å². The van der Waals surface area contributed by atoms with E-state index >= 15 is 0 Å². The smallest absolute Gasteiger partial charge is 0.342 e. The number of halogens is 1. The number of hydrogen-bond acceptors (Lipinski definition) is 6. The minimum atomic E-state index is -0.938. The van der Waals surface area contributed by atoms with Crippen LogP contribution in [-0.4, -0.2) is 31.0 Å². The third-order valence-corrected chi connectivity index (χ3v) is 3.57. The van der Waals surface area contributed by atoms with Crippen molar-refractivity contribution in [2.45, 2.75) is 13.8 Å². The summed E-state index contributed by atoms with van der Waals surface area (Å²) in [6, 6.07) is 6.63. The molecule has 138 valence electrons. The number of nitrogens with two attached hydrogens (primary N) is 1. The van der Waals surface area contributed by atoms with Crippen molar-refractivity contribution in [3.63, 3.8) is 0 Å². The molecule has 1 aromatic carbocycles. The fourth-order valence-corrected chi connectivity index (χ4v) is 2.37. The van der Waals surface area contributed by atoms with Crippen LogP contribution in [0.1, 0.15) is 33.4 Å². The van der Waals surface area contributed by atoms with Gasteiger partial charge in [0, 0.05) is 0 Å². The van der Waals surface area contributed by atoms with E-state index in [1.165, 1.54) is 6.92 Å². The highest BCUT2D eigenvalue weighted by atomic mass is 35.5. The zero-order valence-electron chi connectivity index (χ0n) is 14.1. The second kappa shape index (κ2) is 8.39. The van der Waals surface area contributed by atoms with Crippen molar-refractivity contribution in [1.29, 1.82) is 0 Å². The van der Waals surface area contributed by atoms with Gasteiger partial charge in [-0.25, -0.2) is 4.79 Å². The number of esters is 1. The number of carbonyl (C=O) groups excluding carboxylic acids is 3. The second-order valence-electron chi connectivity index (χ2n) is 5.09. The van der Waals surface area contributed by atoms with E-state index in [0.29, 0.717) is 10.8 Å². The molecule has 0 spiro atoms. The van der Waals surface area contributed by atoms with Crippen LogP contribution >= 0.6 is 11.6 Å². The summed E-state index contributed by atoms with van der Waals surface area (Å²) in [6.45, 7) is 2.78. The molecule has 0 saturated carbocycles. The number of aryl methyl sites for hydroxylation is 1. The van der Waals surface area contributed by atoms with E-state index in [2.05, 4.69) is 5.32 Å². The predicted molar refractivity (Wildman–Crippen MR) is 93.5 cm³/mol. The fourth-order valence-electron chi connectivity index (χ4n) is 2.18. The molecule has 0 unspecified atom stereocenters. The number of ether oxygens (including phenoxy) is 2. The Morgan fingerprint density at radius 3 is 2.54 bits per heavy atom. The number of furan rings is 1. The van der Waals surface area contributed by atoms with E-state index < -0.39 is 24.4 Å². The number of hydrogen-bond donors (Lipinski definition) is 2. The van der Waals surface area contributed by atoms with Crippen molar-refractivity contribution < 1.29 is 28.3 Å². The Bertz CT molecular complexity index is 846. The van der Waals surface area contributed by atoms with Gasteiger partial charge in [0.1, 0.15) is 22.6 Å². The lowest BCUT2D eigenvalue weighted by Gasteiger charge is -2.08. The standard InChI is InChI=1S/C17H17ClN2O6/c1-3-24-17(23)13-9(2)26-16(14(13)15(19)22)20-12(21)8-25-11-7-5-4-6-10(11)18/h4-7H,3,8H2,1-2H3,(H2,19,22)(H,20,21). The van der Waals surface area contributed by atoms with E-state index in [-0.39, 0.29) is 29.4 Å². The van der Waals surface area contributed by atoms with E-state index in [0.717, 1.165) is 0 Å². The van der Waals surface area contributed by atoms with Crippen LogP contribution in [0.4, 0.5) is 5.88 Å². The quantitative estimate of drug-likeness (QED) is 0.712. The molecule has 0 aliphatic heterocycles. The van der Waals surface area contributed by atoms with Crippen LogP contribution in [0.3, 0.4) is 0 Å². The largest absolute Gasteiger partial charge is 0.482 e. The summed E-state index contributed by atoms with van der Waals surface area (Å²) in [5.41, 5.74) is 4.94. The molecule has 3 N–H and O–H groups in total. The number of benzene rings is 1. The summed E-state index contributed by atoms with van der Waals surface area (Å²) >= 11 is 5.94. The molecule has 0 fully saturated rings. The molecule has 2 rings (SSSR count). The first-order chi connectivity index (χ1) is 12.3. The van der Waals surface area contributed by atoms with Gasteiger partial charge in [-0.3, -0.25) is 14.9 Å². The van der Waals surface area contributed by atoms with Gasteiger partial charge in [-0.1, -0.05) is 23.7 Å². The first kappa shape index (κ1) is 19.3. The predicted octanol–water partition coefficient (Wildman–Crippen LogP) is 2.53. The lowest BCUT2D eigenvalue weighted by molar-refractivity contribution is -0.118. The molecule has 1 aromatic heterocycles. The summed E-state index contributed by atoms with van der Waals surface area (Å²) < 4.78 is 15.5. The van der Waals surface area contributed by atoms with Crippen LogP contribution in [0.15, 0.2) is 28.7 Å². The minimum absolute atomic E-state index is 0.0968. The highest BCUT2D eigenvalue weighted by Gasteiger charge is 2.29. The lowest BCUT2D eigenvalue weighted by Crippen LogP contribution is -2.23. The third-order valence-electron chi connectivity index (χ3n) is 3.26. The van der Waals surface area contributed by atoms with E-state index in [9.17, 15) is 14.4 Å². The maximum atomic E-state index is 12.1. The van der Waals surface area contributed by atoms with Crippen LogP contribution in [0, 0.1) is 6.92 Å². The average Bonchev–Trinajstić information content (AvgIpc) is 2.90. The molecule has 9 heteroatoms. The molecule has 0 radical (unpaired) electrons. The Balaban J connectivity index is 2.17. The number of anilines is 1. The Kier molecular flexibility index (Phi) is 6.24. The summed E-state index contributed by atoms with van der Waals surface area (Å²) in [5, 5.41) is 2.70. The van der Waals surface area contributed by atoms with Crippen LogP contribution in [0.25, 0.3) is 0 Å². The van der Waals surface area contributed by atoms with Crippen LogP contribution in [0.5, 0.6) is 5.75 Å². The van der Waals surface area contributed by atoms with E-state index in [1.807, 2.05) is 0 Å². The highest BCUT2D eigenvalue weighted by molar-refractivity contribution is 6.32. The van der Waals surface area contributed by atoms with Crippen LogP contribution in [0.2, 0.25) is 5.02 Å². The number of nitrogens with one attached hydrogen (secondary N) is 1. The van der Waals surface area contributed by atoms with E-state index in [4.69, 9.17) is 31.2 Å². The molecule has 2 aromatic rings. The van der Waals surface area contributed by atoms with Crippen molar-refractivity contribution in [2.75, 3.05) is 18.5 Å². The van der Waals surface area contributed by atoms with Crippen molar-refractivity contribution in [1.82, 2.24) is 0 Å². The van der Waals surface area contributed by atoms with Crippen molar-refractivity contribution in [3.05, 3.63) is 46.2 Å². The minimum Gasteiger partial charge on any atom is -0.482 e. The fraction of sp³-hybridized carbons (Fsp3) is 0.235. The maximum absolute atomic E-state index is 12.1. The van der Waals surface area contributed by atoms with Gasteiger partial charge in [0.05, 0.1) is 11.6 Å². The molecule has 0 bridgehead atoms. The summed E-state index contributed by atoms with van der Waals surface area (Å²) in [4.78, 5) is 35.8. The van der Waals surface area contributed by atoms with Crippen LogP contribution < -0.4 is 15.8 Å². The zero-order chi connectivity index (χ0) is 19.3. The van der Waals surface area contributed by atoms with Gasteiger partial charge in [-0.2, -0.15) is 0 Å². The number of rotatable bonds is 7. The average molecular weight is 381 g/mol. The summed E-state index contributed by atoms with van der Waals surface area (Å²) in [6.07, 6.45) is 0. The first-order valence-electron chi connectivity index (χ1n) is 7.62. The molecule has 0 atom stereocenters. The second-order valence-corrected chi connectivity index (χ2v) is 5.50. The molecule has 0 aliphatic rings. The molecular weight excluding hydrogens is 364 g/mol. The number of amides is 2. The molecule has 2 amide bonds. The molecule has 1 heterocycles. The lowest BCUT2D eigenvalue weighted by atomic mass is 10.1. The van der Waals surface area contributed by atoms with Gasteiger partial charge < -0.3 is 19.6 Å². The molecular formula is C17H17ClN2O6. The zero-order valence-corrected chi connectivity index (χ0v) is 14.9. The molecule has 8 nitrogen and oxygen atoms in total. The Morgan fingerprint density at radius 2 is 1.92 bits per heavy atom. The van der Waals surface area contributed by atoms with Gasteiger partial charge >= 0.3 is 5.97 Å². The highest BCUT2D eigenvalue weighted by Crippen LogP contribution is 2.28. The third kappa shape index (κ3) is 4.34. The Labute approximate surface area is 154 Å². The Hall–Kier alpha value is -3.00. The maximum Gasteiger partial charge on any atom is 0.342 e. The monoisotopic (exact) mass is 380 g/mol. The van der Waals surface area contributed by atoms with E-state index in [1.54, 1.807) is 31.2 Å². The molecule has 0 aliphatic carbocycles. The Morgan fingerprint density at radius 1 is 1.23 bits per heavy atom. The van der Waals surface area contributed by atoms with Gasteiger partial charge in [-0.05, 0) is 26.0 Å². The number of carbonyl (C=O) groups is 3. The van der Waals surface area contributed by atoms with Crippen LogP contribution in [-0.2, 0) is 9.53 Å². The number of para-hydroxylation sites is 1. The van der Waals surface area contributed by atoms with Gasteiger partial charge in [0.25, 0.3) is 11.8 Å². The normalized spacial score (nSPS) is 10.3. The summed E-state index contributed by atoms with van der Waals surface area (Å²) in [5.74, 6) is -2.16. The van der Waals surface area contributed by atoms with Gasteiger partial charge in [0.15, 0.2) is 6.61 Å². The van der Waals surface area contributed by atoms with Gasteiger partial charge in [-0.15, -0.1) is 0 Å². The number of primary amides is 1.